The Kier molecular flexibility index (Phi) is 2.92. The van der Waals surface area contributed by atoms with E-state index in [-0.39, 0.29) is 6.10 Å². The fourth-order valence-electron chi connectivity index (χ4n) is 2.35. The van der Waals surface area contributed by atoms with E-state index in [4.69, 9.17) is 0 Å². The van der Waals surface area contributed by atoms with Crippen molar-refractivity contribution >= 4 is 0 Å². The molecule has 0 radical (unpaired) electrons. The van der Waals surface area contributed by atoms with Gasteiger partial charge in [0.15, 0.2) is 0 Å². The maximum Gasteiger partial charge on any atom is 0.0824 e. The van der Waals surface area contributed by atoms with Crippen LogP contribution in [0.3, 0.4) is 0 Å². The summed E-state index contributed by atoms with van der Waals surface area (Å²) in [5.74, 6) is 0.388. The molecule has 1 heteroatoms. The summed E-state index contributed by atoms with van der Waals surface area (Å²) in [6, 6.07) is 8.22. The van der Waals surface area contributed by atoms with E-state index in [1.54, 1.807) is 0 Å². The molecule has 2 atom stereocenters. The number of fused-ring (bicyclic) bond motifs is 1. The van der Waals surface area contributed by atoms with E-state index in [0.717, 1.165) is 24.8 Å². The summed E-state index contributed by atoms with van der Waals surface area (Å²) in [6.45, 7) is 5.96. The van der Waals surface area contributed by atoms with Crippen LogP contribution in [0.5, 0.6) is 0 Å². The van der Waals surface area contributed by atoms with Gasteiger partial charge in [0, 0.05) is 0 Å². The van der Waals surface area contributed by atoms with Gasteiger partial charge in [-0.15, -0.1) is 6.58 Å². The number of aliphatic hydroxyl groups excluding tert-OH is 1. The van der Waals surface area contributed by atoms with Gasteiger partial charge in [-0.25, -0.2) is 0 Å². The normalized spacial score (nSPS) is 23.9. The van der Waals surface area contributed by atoms with Crippen molar-refractivity contribution in [3.05, 3.63) is 47.5 Å². The summed E-state index contributed by atoms with van der Waals surface area (Å²) in [4.78, 5) is 0. The van der Waals surface area contributed by atoms with Gasteiger partial charge in [-0.2, -0.15) is 0 Å². The molecule has 1 nitrogen and oxygen atoms in total. The van der Waals surface area contributed by atoms with E-state index in [2.05, 4.69) is 19.6 Å². The molecule has 2 unspecified atom stereocenters. The van der Waals surface area contributed by atoms with Gasteiger partial charge < -0.3 is 5.11 Å². The quantitative estimate of drug-likeness (QED) is 0.746. The zero-order chi connectivity index (χ0) is 10.8. The van der Waals surface area contributed by atoms with Crippen molar-refractivity contribution in [1.82, 2.24) is 0 Å². The van der Waals surface area contributed by atoms with Crippen LogP contribution in [0.2, 0.25) is 0 Å². The van der Waals surface area contributed by atoms with E-state index >= 15 is 0 Å². The molecule has 0 amide bonds. The first-order chi connectivity index (χ1) is 7.18. The molecule has 80 valence electrons. The average Bonchev–Trinajstić information content (AvgIpc) is 2.54. The third kappa shape index (κ3) is 2.13. The van der Waals surface area contributed by atoms with E-state index < -0.39 is 0 Å². The highest BCUT2D eigenvalue weighted by Crippen LogP contribution is 2.38. The second-order valence-electron chi connectivity index (χ2n) is 4.60. The Morgan fingerprint density at radius 1 is 1.47 bits per heavy atom. The van der Waals surface area contributed by atoms with Crippen LogP contribution in [0.1, 0.15) is 37.0 Å². The van der Waals surface area contributed by atoms with Crippen molar-refractivity contribution in [3.63, 3.8) is 0 Å². The van der Waals surface area contributed by atoms with Gasteiger partial charge in [0.05, 0.1) is 6.10 Å². The molecule has 0 saturated heterocycles. The van der Waals surface area contributed by atoms with Crippen LogP contribution in [0, 0.1) is 5.92 Å². The molecule has 0 spiro atoms. The van der Waals surface area contributed by atoms with Crippen LogP contribution < -0.4 is 0 Å². The van der Waals surface area contributed by atoms with Crippen LogP contribution >= 0.6 is 0 Å². The lowest BCUT2D eigenvalue weighted by Crippen LogP contribution is -2.06. The lowest BCUT2D eigenvalue weighted by atomic mass is 9.96. The first-order valence-electron chi connectivity index (χ1n) is 5.58. The van der Waals surface area contributed by atoms with Gasteiger partial charge >= 0.3 is 0 Å². The summed E-state index contributed by atoms with van der Waals surface area (Å²) < 4.78 is 0. The van der Waals surface area contributed by atoms with Gasteiger partial charge in [0.2, 0.25) is 0 Å². The van der Waals surface area contributed by atoms with E-state index in [9.17, 15) is 5.11 Å². The van der Waals surface area contributed by atoms with E-state index in [1.165, 1.54) is 11.1 Å². The summed E-state index contributed by atoms with van der Waals surface area (Å²) in [5.41, 5.74) is 3.65. The fourth-order valence-corrected chi connectivity index (χ4v) is 2.35. The predicted octanol–water partition coefficient (Wildman–Crippen LogP) is 3.25. The first-order valence-corrected chi connectivity index (χ1v) is 5.58. The molecule has 15 heavy (non-hydrogen) atoms. The standard InChI is InChI=1S/C14H18O/c1-10(2)7-8-12-9-11-5-3-4-6-13(11)14(12)15/h3-6,12,14-15H,1,7-9H2,2H3. The lowest BCUT2D eigenvalue weighted by Gasteiger charge is -2.14. The smallest absolute Gasteiger partial charge is 0.0824 e. The largest absolute Gasteiger partial charge is 0.388 e. The molecule has 2 rings (SSSR count). The van der Waals surface area contributed by atoms with E-state index in [0.29, 0.717) is 5.92 Å². The van der Waals surface area contributed by atoms with Gasteiger partial charge in [0.1, 0.15) is 0 Å². The minimum atomic E-state index is -0.263. The van der Waals surface area contributed by atoms with Crippen molar-refractivity contribution in [1.29, 1.82) is 0 Å². The van der Waals surface area contributed by atoms with Crippen molar-refractivity contribution in [2.75, 3.05) is 0 Å². The Labute approximate surface area is 91.4 Å². The molecule has 1 aliphatic rings. The topological polar surface area (TPSA) is 20.2 Å². The monoisotopic (exact) mass is 202 g/mol. The molecule has 0 saturated carbocycles. The zero-order valence-corrected chi connectivity index (χ0v) is 9.24. The molecule has 1 aromatic rings. The van der Waals surface area contributed by atoms with Crippen LogP contribution in [0.15, 0.2) is 36.4 Å². The van der Waals surface area contributed by atoms with Gasteiger partial charge in [-0.05, 0) is 43.2 Å². The third-order valence-electron chi connectivity index (χ3n) is 3.24. The number of allylic oxidation sites excluding steroid dienone is 1. The van der Waals surface area contributed by atoms with E-state index in [1.807, 2.05) is 18.2 Å². The number of benzene rings is 1. The van der Waals surface area contributed by atoms with Gasteiger partial charge in [-0.1, -0.05) is 29.8 Å². The predicted molar refractivity (Wildman–Crippen MR) is 62.6 cm³/mol. The molecular formula is C14H18O. The highest BCUT2D eigenvalue weighted by molar-refractivity contribution is 5.34. The van der Waals surface area contributed by atoms with Crippen molar-refractivity contribution in [2.45, 2.75) is 32.3 Å². The van der Waals surface area contributed by atoms with Crippen LogP contribution in [-0.4, -0.2) is 5.11 Å². The Hall–Kier alpha value is -1.08. The average molecular weight is 202 g/mol. The third-order valence-corrected chi connectivity index (χ3v) is 3.24. The Morgan fingerprint density at radius 2 is 2.20 bits per heavy atom. The van der Waals surface area contributed by atoms with Crippen LogP contribution in [0.25, 0.3) is 0 Å². The Bertz CT molecular complexity index is 367. The second kappa shape index (κ2) is 4.19. The SMILES string of the molecule is C=C(C)CCC1Cc2ccccc2C1O. The highest BCUT2D eigenvalue weighted by Gasteiger charge is 2.29. The molecule has 1 aliphatic carbocycles. The number of rotatable bonds is 3. The van der Waals surface area contributed by atoms with Crippen LogP contribution in [0.4, 0.5) is 0 Å². The van der Waals surface area contributed by atoms with Crippen molar-refractivity contribution < 1.29 is 5.11 Å². The minimum Gasteiger partial charge on any atom is -0.388 e. The second-order valence-corrected chi connectivity index (χ2v) is 4.60. The maximum atomic E-state index is 10.1. The summed E-state index contributed by atoms with van der Waals surface area (Å²) in [7, 11) is 0. The summed E-state index contributed by atoms with van der Waals surface area (Å²) >= 11 is 0. The summed E-state index contributed by atoms with van der Waals surface area (Å²) in [5, 5.41) is 10.1. The van der Waals surface area contributed by atoms with Gasteiger partial charge in [0.25, 0.3) is 0 Å². The highest BCUT2D eigenvalue weighted by atomic mass is 16.3. The van der Waals surface area contributed by atoms with Gasteiger partial charge in [-0.3, -0.25) is 0 Å². The molecule has 0 bridgehead atoms. The van der Waals surface area contributed by atoms with Crippen LogP contribution in [-0.2, 0) is 6.42 Å². The maximum absolute atomic E-state index is 10.1. The van der Waals surface area contributed by atoms with Crippen molar-refractivity contribution in [2.24, 2.45) is 5.92 Å². The first kappa shape index (κ1) is 10.4. The molecule has 1 N–H and O–H groups in total. The zero-order valence-electron chi connectivity index (χ0n) is 9.24. The fraction of sp³-hybridized carbons (Fsp3) is 0.429. The minimum absolute atomic E-state index is 0.263. The Morgan fingerprint density at radius 3 is 2.87 bits per heavy atom. The molecule has 0 fully saturated rings. The Balaban J connectivity index is 2.06. The molecule has 1 aromatic carbocycles. The van der Waals surface area contributed by atoms with Crippen molar-refractivity contribution in [3.8, 4) is 0 Å². The number of hydrogen-bond acceptors (Lipinski definition) is 1. The molecule has 0 heterocycles. The lowest BCUT2D eigenvalue weighted by molar-refractivity contribution is 0.118. The molecule has 0 aromatic heterocycles. The summed E-state index contributed by atoms with van der Waals surface area (Å²) in [6.07, 6.45) is 2.83. The number of hydrogen-bond donors (Lipinski definition) is 1. The molecular weight excluding hydrogens is 184 g/mol. The molecule has 0 aliphatic heterocycles. The number of aliphatic hydroxyl groups is 1.